The highest BCUT2D eigenvalue weighted by Gasteiger charge is 2.13. The standard InChI is InChI=1S/C24H25FN4O2S/c1-28(2)19-11-7-17(8-12-19)15-16-26-24(31)29(32)20-13-9-18(10-14-20)27-23(30)21-5-3-4-6-22(21)25/h3-14,32H,15-16H2,1-2H3,(H,26,31)(H,27,30). The highest BCUT2D eigenvalue weighted by atomic mass is 32.1. The number of amides is 3. The summed E-state index contributed by atoms with van der Waals surface area (Å²) in [5.74, 6) is -1.14. The van der Waals surface area contributed by atoms with Gasteiger partial charge in [0.25, 0.3) is 5.91 Å². The molecule has 0 unspecified atom stereocenters. The number of carbonyl (C=O) groups is 2. The normalized spacial score (nSPS) is 10.4. The molecule has 166 valence electrons. The number of anilines is 3. The lowest BCUT2D eigenvalue weighted by Crippen LogP contribution is -2.35. The Bertz CT molecular complexity index is 1070. The third-order valence-electron chi connectivity index (χ3n) is 4.82. The molecule has 0 radical (unpaired) electrons. The van der Waals surface area contributed by atoms with Gasteiger partial charge in [0.2, 0.25) is 0 Å². The molecule has 0 aliphatic rings. The third-order valence-corrected chi connectivity index (χ3v) is 5.24. The molecule has 3 aromatic rings. The maximum atomic E-state index is 13.7. The Hall–Kier alpha value is -3.52. The van der Waals surface area contributed by atoms with Crippen molar-refractivity contribution < 1.29 is 14.0 Å². The predicted octanol–water partition coefficient (Wildman–Crippen LogP) is 4.75. The fraction of sp³-hybridized carbons (Fsp3) is 0.167. The highest BCUT2D eigenvalue weighted by Crippen LogP contribution is 2.20. The van der Waals surface area contributed by atoms with Crippen LogP contribution in [0.3, 0.4) is 0 Å². The summed E-state index contributed by atoms with van der Waals surface area (Å²) >= 11 is 4.26. The van der Waals surface area contributed by atoms with Crippen LogP contribution < -0.4 is 19.8 Å². The predicted molar refractivity (Wildman–Crippen MR) is 130 cm³/mol. The molecule has 0 saturated heterocycles. The first-order valence-electron chi connectivity index (χ1n) is 10.0. The third kappa shape index (κ3) is 6.01. The Labute approximate surface area is 192 Å². The van der Waals surface area contributed by atoms with Gasteiger partial charge in [-0.3, -0.25) is 4.79 Å². The van der Waals surface area contributed by atoms with Crippen LogP contribution in [0.1, 0.15) is 15.9 Å². The minimum Gasteiger partial charge on any atom is -0.378 e. The maximum absolute atomic E-state index is 13.7. The molecule has 3 rings (SSSR count). The lowest BCUT2D eigenvalue weighted by Gasteiger charge is -2.17. The van der Waals surface area contributed by atoms with Crippen molar-refractivity contribution in [3.05, 3.63) is 89.7 Å². The number of urea groups is 1. The lowest BCUT2D eigenvalue weighted by atomic mass is 10.1. The summed E-state index contributed by atoms with van der Waals surface area (Å²) in [6, 6.07) is 20.1. The molecular weight excluding hydrogens is 427 g/mol. The molecule has 0 aliphatic carbocycles. The summed E-state index contributed by atoms with van der Waals surface area (Å²) in [6.45, 7) is 0.466. The minimum atomic E-state index is -0.589. The van der Waals surface area contributed by atoms with Crippen LogP contribution in [0.25, 0.3) is 0 Å². The second-order valence-electron chi connectivity index (χ2n) is 7.34. The Morgan fingerprint density at radius 3 is 2.16 bits per heavy atom. The molecule has 2 N–H and O–H groups in total. The number of rotatable bonds is 7. The summed E-state index contributed by atoms with van der Waals surface area (Å²) in [5.41, 5.74) is 3.21. The van der Waals surface area contributed by atoms with Crippen molar-refractivity contribution in [2.45, 2.75) is 6.42 Å². The van der Waals surface area contributed by atoms with E-state index in [-0.39, 0.29) is 11.6 Å². The number of nitrogens with zero attached hydrogens (tertiary/aromatic N) is 2. The Morgan fingerprint density at radius 2 is 1.53 bits per heavy atom. The van der Waals surface area contributed by atoms with E-state index in [0.717, 1.165) is 11.3 Å². The molecule has 3 amide bonds. The quantitative estimate of drug-likeness (QED) is 0.454. The van der Waals surface area contributed by atoms with Gasteiger partial charge < -0.3 is 15.5 Å². The van der Waals surface area contributed by atoms with E-state index in [4.69, 9.17) is 0 Å². The van der Waals surface area contributed by atoms with Crippen LogP contribution in [0, 0.1) is 5.82 Å². The van der Waals surface area contributed by atoms with E-state index in [9.17, 15) is 14.0 Å². The molecule has 3 aromatic carbocycles. The average molecular weight is 453 g/mol. The van der Waals surface area contributed by atoms with E-state index in [1.54, 1.807) is 30.3 Å². The highest BCUT2D eigenvalue weighted by molar-refractivity contribution is 7.82. The number of hydrogen-bond acceptors (Lipinski definition) is 4. The zero-order chi connectivity index (χ0) is 23.1. The molecule has 0 spiro atoms. The summed E-state index contributed by atoms with van der Waals surface area (Å²) in [7, 11) is 3.97. The van der Waals surface area contributed by atoms with Crippen molar-refractivity contribution in [3.63, 3.8) is 0 Å². The largest absolute Gasteiger partial charge is 0.378 e. The molecule has 0 aliphatic heterocycles. The Morgan fingerprint density at radius 1 is 0.906 bits per heavy atom. The topological polar surface area (TPSA) is 64.7 Å². The van der Waals surface area contributed by atoms with Crippen molar-refractivity contribution in [1.29, 1.82) is 0 Å². The fourth-order valence-corrected chi connectivity index (χ4v) is 3.20. The molecule has 6 nitrogen and oxygen atoms in total. The average Bonchev–Trinajstić information content (AvgIpc) is 2.79. The molecule has 8 heteroatoms. The number of thiol groups is 1. The molecule has 0 bridgehead atoms. The van der Waals surface area contributed by atoms with Crippen LogP contribution in [0.4, 0.5) is 26.2 Å². The van der Waals surface area contributed by atoms with Crippen LogP contribution in [0.2, 0.25) is 0 Å². The minimum absolute atomic E-state index is 0.0388. The van der Waals surface area contributed by atoms with Crippen LogP contribution in [-0.2, 0) is 6.42 Å². The number of carbonyl (C=O) groups excluding carboxylic acids is 2. The Balaban J connectivity index is 1.51. The van der Waals surface area contributed by atoms with Gasteiger partial charge in [0.15, 0.2) is 0 Å². The molecular formula is C24H25FN4O2S. The van der Waals surface area contributed by atoms with Gasteiger partial charge in [0.05, 0.1) is 11.3 Å². The van der Waals surface area contributed by atoms with Crippen LogP contribution in [0.5, 0.6) is 0 Å². The van der Waals surface area contributed by atoms with Gasteiger partial charge in [0.1, 0.15) is 5.82 Å². The smallest absolute Gasteiger partial charge is 0.331 e. The van der Waals surface area contributed by atoms with Crippen molar-refractivity contribution >= 4 is 41.8 Å². The SMILES string of the molecule is CN(C)c1ccc(CCNC(=O)N(S)c2ccc(NC(=O)c3ccccc3F)cc2)cc1. The van der Waals surface area contributed by atoms with Crippen molar-refractivity contribution in [1.82, 2.24) is 5.32 Å². The lowest BCUT2D eigenvalue weighted by molar-refractivity contribution is 0.102. The van der Waals surface area contributed by atoms with Crippen LogP contribution in [-0.4, -0.2) is 32.6 Å². The van der Waals surface area contributed by atoms with Gasteiger partial charge in [-0.2, -0.15) is 0 Å². The molecule has 0 atom stereocenters. The molecule has 0 saturated carbocycles. The summed E-state index contributed by atoms with van der Waals surface area (Å²) in [6.07, 6.45) is 0.697. The van der Waals surface area contributed by atoms with E-state index in [1.165, 1.54) is 22.5 Å². The maximum Gasteiger partial charge on any atom is 0.331 e. The van der Waals surface area contributed by atoms with Crippen molar-refractivity contribution in [2.75, 3.05) is 35.2 Å². The van der Waals surface area contributed by atoms with Crippen molar-refractivity contribution in [2.24, 2.45) is 0 Å². The molecule has 0 fully saturated rings. The van der Waals surface area contributed by atoms with E-state index in [2.05, 4.69) is 23.4 Å². The zero-order valence-corrected chi connectivity index (χ0v) is 18.8. The first-order chi connectivity index (χ1) is 15.3. The first-order valence-corrected chi connectivity index (χ1v) is 10.4. The number of halogens is 1. The fourth-order valence-electron chi connectivity index (χ4n) is 3.00. The van der Waals surface area contributed by atoms with Gasteiger partial charge in [-0.05, 0) is 60.5 Å². The molecule has 32 heavy (non-hydrogen) atoms. The van der Waals surface area contributed by atoms with Gasteiger partial charge >= 0.3 is 6.03 Å². The number of benzene rings is 3. The first kappa shape index (κ1) is 23.1. The number of hydrogen-bond donors (Lipinski definition) is 3. The second kappa shape index (κ2) is 10.7. The zero-order valence-electron chi connectivity index (χ0n) is 17.9. The Kier molecular flexibility index (Phi) is 7.72. The molecule has 0 heterocycles. The van der Waals surface area contributed by atoms with Crippen LogP contribution >= 0.6 is 12.8 Å². The molecule has 0 aromatic heterocycles. The summed E-state index contributed by atoms with van der Waals surface area (Å²) in [4.78, 5) is 26.6. The van der Waals surface area contributed by atoms with E-state index >= 15 is 0 Å². The van der Waals surface area contributed by atoms with Gasteiger partial charge in [-0.15, -0.1) is 0 Å². The second-order valence-corrected chi connectivity index (χ2v) is 7.74. The van der Waals surface area contributed by atoms with Gasteiger partial charge in [-0.25, -0.2) is 13.5 Å². The van der Waals surface area contributed by atoms with Gasteiger partial charge in [-0.1, -0.05) is 37.1 Å². The van der Waals surface area contributed by atoms with Gasteiger partial charge in [0, 0.05) is 32.0 Å². The van der Waals surface area contributed by atoms with E-state index < -0.39 is 11.7 Å². The summed E-state index contributed by atoms with van der Waals surface area (Å²) < 4.78 is 14.9. The van der Waals surface area contributed by atoms with Crippen molar-refractivity contribution in [3.8, 4) is 0 Å². The summed E-state index contributed by atoms with van der Waals surface area (Å²) in [5, 5.41) is 5.46. The number of nitrogens with one attached hydrogen (secondary N) is 2. The van der Waals surface area contributed by atoms with E-state index in [0.29, 0.717) is 24.3 Å². The monoisotopic (exact) mass is 452 g/mol. The van der Waals surface area contributed by atoms with Crippen LogP contribution in [0.15, 0.2) is 72.8 Å². The van der Waals surface area contributed by atoms with E-state index in [1.807, 2.05) is 43.3 Å².